The zero-order chi connectivity index (χ0) is 26.9. The largest absolute Gasteiger partial charge is 0.444 e. The summed E-state index contributed by atoms with van der Waals surface area (Å²) < 4.78 is 32.5. The number of alkyl carbamates (subject to hydrolysis) is 1. The number of ether oxygens (including phenoxy) is 1. The van der Waals surface area contributed by atoms with Gasteiger partial charge in [0.05, 0.1) is 4.90 Å². The second-order valence-corrected chi connectivity index (χ2v) is 11.9. The summed E-state index contributed by atoms with van der Waals surface area (Å²) >= 11 is 0. The van der Waals surface area contributed by atoms with Gasteiger partial charge in [-0.25, -0.2) is 13.2 Å². The Balaban J connectivity index is 1.86. The smallest absolute Gasteiger partial charge is 0.408 e. The highest BCUT2D eigenvalue weighted by molar-refractivity contribution is 7.92. The first kappa shape index (κ1) is 27.9. The highest BCUT2D eigenvalue weighted by Gasteiger charge is 2.32. The standard InChI is InChI=1S/C29H34N2O5S/c1-29(2,3)36-28(33)30-25(21-23-15-9-5-10-16-23)27(32)31-26(20-19-22-13-7-4-8-14-22)37(34,35)24-17-11-6-12-18-24/h4-18,25-26H,19-21H2,1-3H3,(H,30,33)(H,31,32)/t25-,26?/m0/s1. The van der Waals surface area contributed by atoms with E-state index in [1.807, 2.05) is 60.7 Å². The van der Waals surface area contributed by atoms with Crippen molar-refractivity contribution in [3.05, 3.63) is 102 Å². The van der Waals surface area contributed by atoms with Gasteiger partial charge >= 0.3 is 6.09 Å². The van der Waals surface area contributed by atoms with Gasteiger partial charge in [-0.15, -0.1) is 0 Å². The fourth-order valence-corrected chi connectivity index (χ4v) is 5.35. The Bertz CT molecular complexity index is 1260. The fraction of sp³-hybridized carbons (Fsp3) is 0.310. The second-order valence-electron chi connectivity index (χ2n) is 9.77. The summed E-state index contributed by atoms with van der Waals surface area (Å²) in [4.78, 5) is 26.2. The number of aryl methyl sites for hydroxylation is 1. The van der Waals surface area contributed by atoms with Gasteiger partial charge in [-0.05, 0) is 56.9 Å². The van der Waals surface area contributed by atoms with Gasteiger partial charge in [0.25, 0.3) is 0 Å². The van der Waals surface area contributed by atoms with Gasteiger partial charge < -0.3 is 15.4 Å². The van der Waals surface area contributed by atoms with Crippen molar-refractivity contribution in [2.45, 2.75) is 61.9 Å². The molecule has 0 heterocycles. The summed E-state index contributed by atoms with van der Waals surface area (Å²) in [6.07, 6.45) is 0.0243. The number of carbonyl (C=O) groups excluding carboxylic acids is 2. The molecule has 7 nitrogen and oxygen atoms in total. The quantitative estimate of drug-likeness (QED) is 0.403. The van der Waals surface area contributed by atoms with Crippen molar-refractivity contribution in [1.82, 2.24) is 10.6 Å². The summed E-state index contributed by atoms with van der Waals surface area (Å²) in [7, 11) is -3.91. The molecule has 3 rings (SSSR count). The Labute approximate surface area is 219 Å². The second kappa shape index (κ2) is 12.5. The van der Waals surface area contributed by atoms with Crippen LogP contribution < -0.4 is 10.6 Å². The van der Waals surface area contributed by atoms with Crippen LogP contribution in [0.1, 0.15) is 38.3 Å². The topological polar surface area (TPSA) is 102 Å². The molecule has 0 fully saturated rings. The monoisotopic (exact) mass is 522 g/mol. The molecule has 0 aliphatic heterocycles. The third-order valence-electron chi connectivity index (χ3n) is 5.58. The molecule has 2 N–H and O–H groups in total. The van der Waals surface area contributed by atoms with Crippen molar-refractivity contribution in [3.8, 4) is 0 Å². The van der Waals surface area contributed by atoms with Gasteiger partial charge in [0, 0.05) is 6.42 Å². The lowest BCUT2D eigenvalue weighted by molar-refractivity contribution is -0.123. The molecule has 0 aliphatic rings. The van der Waals surface area contributed by atoms with Gasteiger partial charge in [0.15, 0.2) is 9.84 Å². The summed E-state index contributed by atoms with van der Waals surface area (Å²) in [5.74, 6) is -0.604. The van der Waals surface area contributed by atoms with Crippen molar-refractivity contribution < 1.29 is 22.7 Å². The van der Waals surface area contributed by atoms with Crippen LogP contribution in [0.4, 0.5) is 4.79 Å². The molecule has 3 aromatic rings. The van der Waals surface area contributed by atoms with E-state index in [1.165, 1.54) is 12.1 Å². The van der Waals surface area contributed by atoms with Crippen LogP contribution in [-0.4, -0.2) is 37.4 Å². The van der Waals surface area contributed by atoms with Gasteiger partial charge in [0.1, 0.15) is 17.0 Å². The first-order valence-corrected chi connectivity index (χ1v) is 13.8. The van der Waals surface area contributed by atoms with E-state index in [0.29, 0.717) is 6.42 Å². The van der Waals surface area contributed by atoms with Gasteiger partial charge in [0.2, 0.25) is 5.91 Å². The molecule has 1 unspecified atom stereocenters. The fourth-order valence-electron chi connectivity index (χ4n) is 3.79. The molecule has 3 aromatic carbocycles. The van der Waals surface area contributed by atoms with Crippen LogP contribution in [0.25, 0.3) is 0 Å². The molecule has 2 atom stereocenters. The molecule has 0 aliphatic carbocycles. The Morgan fingerprint density at radius 1 is 0.784 bits per heavy atom. The maximum Gasteiger partial charge on any atom is 0.408 e. The molecular weight excluding hydrogens is 488 g/mol. The van der Waals surface area contributed by atoms with Crippen LogP contribution in [-0.2, 0) is 32.2 Å². The van der Waals surface area contributed by atoms with Crippen molar-refractivity contribution >= 4 is 21.8 Å². The SMILES string of the molecule is CC(C)(C)OC(=O)N[C@@H](Cc1ccccc1)C(=O)NC(CCc1ccccc1)S(=O)(=O)c1ccccc1. The lowest BCUT2D eigenvalue weighted by Gasteiger charge is -2.26. The predicted octanol–water partition coefficient (Wildman–Crippen LogP) is 4.67. The molecule has 0 bridgehead atoms. The molecule has 0 aromatic heterocycles. The van der Waals surface area contributed by atoms with E-state index in [0.717, 1.165) is 11.1 Å². The zero-order valence-corrected chi connectivity index (χ0v) is 22.2. The molecular formula is C29H34N2O5S. The van der Waals surface area contributed by atoms with E-state index in [9.17, 15) is 18.0 Å². The van der Waals surface area contributed by atoms with Crippen LogP contribution >= 0.6 is 0 Å². The minimum Gasteiger partial charge on any atom is -0.444 e. The number of benzene rings is 3. The van der Waals surface area contributed by atoms with Crippen molar-refractivity contribution in [1.29, 1.82) is 0 Å². The summed E-state index contributed by atoms with van der Waals surface area (Å²) in [5.41, 5.74) is 1.01. The number of carbonyl (C=O) groups is 2. The first-order valence-electron chi connectivity index (χ1n) is 12.2. The van der Waals surface area contributed by atoms with Crippen molar-refractivity contribution in [2.24, 2.45) is 0 Å². The van der Waals surface area contributed by atoms with E-state index in [-0.39, 0.29) is 17.7 Å². The Hall–Kier alpha value is -3.65. The average Bonchev–Trinajstić information content (AvgIpc) is 2.86. The third kappa shape index (κ3) is 8.75. The molecule has 196 valence electrons. The summed E-state index contributed by atoms with van der Waals surface area (Å²) in [6.45, 7) is 5.18. The Morgan fingerprint density at radius 3 is 1.84 bits per heavy atom. The van der Waals surface area contributed by atoms with Crippen LogP contribution in [0.5, 0.6) is 0 Å². The maximum absolute atomic E-state index is 13.6. The lowest BCUT2D eigenvalue weighted by Crippen LogP contribution is -2.53. The van der Waals surface area contributed by atoms with Crippen LogP contribution in [0.2, 0.25) is 0 Å². The van der Waals surface area contributed by atoms with E-state index < -0.39 is 38.9 Å². The van der Waals surface area contributed by atoms with Crippen LogP contribution in [0, 0.1) is 0 Å². The third-order valence-corrected chi connectivity index (χ3v) is 7.61. The average molecular weight is 523 g/mol. The van der Waals surface area contributed by atoms with E-state index in [2.05, 4.69) is 10.6 Å². The van der Waals surface area contributed by atoms with E-state index >= 15 is 0 Å². The highest BCUT2D eigenvalue weighted by atomic mass is 32.2. The Morgan fingerprint density at radius 2 is 1.30 bits per heavy atom. The van der Waals surface area contributed by atoms with Crippen molar-refractivity contribution in [3.63, 3.8) is 0 Å². The predicted molar refractivity (Wildman–Crippen MR) is 144 cm³/mol. The number of hydrogen-bond donors (Lipinski definition) is 2. The molecule has 0 saturated carbocycles. The molecule has 0 spiro atoms. The number of rotatable bonds is 10. The zero-order valence-electron chi connectivity index (χ0n) is 21.4. The van der Waals surface area contributed by atoms with E-state index in [1.54, 1.807) is 39.0 Å². The maximum atomic E-state index is 13.6. The molecule has 0 radical (unpaired) electrons. The number of hydrogen-bond acceptors (Lipinski definition) is 5. The van der Waals surface area contributed by atoms with Gasteiger partial charge in [-0.1, -0.05) is 78.9 Å². The lowest BCUT2D eigenvalue weighted by atomic mass is 10.1. The highest BCUT2D eigenvalue weighted by Crippen LogP contribution is 2.19. The van der Waals surface area contributed by atoms with Crippen LogP contribution in [0.15, 0.2) is 95.9 Å². The van der Waals surface area contributed by atoms with Crippen molar-refractivity contribution in [2.75, 3.05) is 0 Å². The molecule has 37 heavy (non-hydrogen) atoms. The minimum atomic E-state index is -3.91. The minimum absolute atomic E-state index is 0.119. The molecule has 8 heteroatoms. The number of amides is 2. The van der Waals surface area contributed by atoms with Gasteiger partial charge in [-0.2, -0.15) is 0 Å². The summed E-state index contributed by atoms with van der Waals surface area (Å²) in [5, 5.41) is 4.15. The normalized spacial score (nSPS) is 13.3. The van der Waals surface area contributed by atoms with Gasteiger partial charge in [-0.3, -0.25) is 4.79 Å². The molecule has 0 saturated heterocycles. The summed E-state index contributed by atoms with van der Waals surface area (Å²) in [6, 6.07) is 25.7. The molecule has 2 amide bonds. The van der Waals surface area contributed by atoms with Crippen LogP contribution in [0.3, 0.4) is 0 Å². The Kier molecular flexibility index (Phi) is 9.47. The first-order chi connectivity index (χ1) is 17.5. The number of nitrogens with one attached hydrogen (secondary N) is 2. The van der Waals surface area contributed by atoms with E-state index in [4.69, 9.17) is 4.74 Å². The number of sulfone groups is 1.